The number of nitrogens with zero attached hydrogens (tertiary/aromatic N) is 2. The second-order valence-electron chi connectivity index (χ2n) is 5.13. The molecular formula is C16H24N4O. The number of benzene rings is 1. The standard InChI is InChI=1S/C16H24N4O/c1-21-13-16(7-3-8-17)19-15-6-2-5-14(11-15)12-20-10-4-9-18-20/h2,4-6,9-11,16,19H,3,7-8,12-13,17H2,1H3. The van der Waals surface area contributed by atoms with Crippen LogP contribution in [0, 0.1) is 0 Å². The summed E-state index contributed by atoms with van der Waals surface area (Å²) in [7, 11) is 1.73. The van der Waals surface area contributed by atoms with Crippen molar-refractivity contribution in [2.24, 2.45) is 5.73 Å². The normalized spacial score (nSPS) is 12.3. The van der Waals surface area contributed by atoms with Crippen LogP contribution in [0.5, 0.6) is 0 Å². The number of aromatic nitrogens is 2. The minimum atomic E-state index is 0.290. The summed E-state index contributed by atoms with van der Waals surface area (Å²) in [4.78, 5) is 0. The molecule has 0 saturated heterocycles. The van der Waals surface area contributed by atoms with E-state index in [1.807, 2.05) is 16.9 Å². The fraction of sp³-hybridized carbons (Fsp3) is 0.438. The van der Waals surface area contributed by atoms with Crippen LogP contribution in [0.2, 0.25) is 0 Å². The van der Waals surface area contributed by atoms with Crippen LogP contribution in [-0.2, 0) is 11.3 Å². The second-order valence-corrected chi connectivity index (χ2v) is 5.13. The van der Waals surface area contributed by atoms with E-state index in [1.165, 1.54) is 5.56 Å². The maximum Gasteiger partial charge on any atom is 0.0664 e. The number of hydrogen-bond donors (Lipinski definition) is 2. The molecule has 0 amide bonds. The molecule has 0 spiro atoms. The molecule has 1 unspecified atom stereocenters. The number of anilines is 1. The van der Waals surface area contributed by atoms with Crippen molar-refractivity contribution < 1.29 is 4.74 Å². The van der Waals surface area contributed by atoms with Crippen molar-refractivity contribution in [3.63, 3.8) is 0 Å². The van der Waals surface area contributed by atoms with Gasteiger partial charge in [0.2, 0.25) is 0 Å². The molecule has 114 valence electrons. The summed E-state index contributed by atoms with van der Waals surface area (Å²) in [6.07, 6.45) is 5.76. The van der Waals surface area contributed by atoms with Crippen molar-refractivity contribution in [1.29, 1.82) is 0 Å². The lowest BCUT2D eigenvalue weighted by atomic mass is 10.1. The predicted molar refractivity (Wildman–Crippen MR) is 85.3 cm³/mol. The van der Waals surface area contributed by atoms with Gasteiger partial charge in [-0.1, -0.05) is 12.1 Å². The van der Waals surface area contributed by atoms with Gasteiger partial charge in [0.25, 0.3) is 0 Å². The number of rotatable bonds is 9. The molecule has 2 aromatic rings. The number of nitrogens with two attached hydrogens (primary N) is 1. The van der Waals surface area contributed by atoms with Crippen LogP contribution in [0.1, 0.15) is 18.4 Å². The Balaban J connectivity index is 1.98. The summed E-state index contributed by atoms with van der Waals surface area (Å²) < 4.78 is 7.19. The van der Waals surface area contributed by atoms with Gasteiger partial charge in [-0.2, -0.15) is 5.10 Å². The van der Waals surface area contributed by atoms with Crippen molar-refractivity contribution in [2.75, 3.05) is 25.6 Å². The van der Waals surface area contributed by atoms with Gasteiger partial charge in [-0.05, 0) is 43.1 Å². The highest BCUT2D eigenvalue weighted by Gasteiger charge is 2.08. The molecule has 1 aromatic heterocycles. The molecule has 0 bridgehead atoms. The monoisotopic (exact) mass is 288 g/mol. The lowest BCUT2D eigenvalue weighted by molar-refractivity contribution is 0.182. The number of nitrogens with one attached hydrogen (secondary N) is 1. The van der Waals surface area contributed by atoms with Gasteiger partial charge in [0.1, 0.15) is 0 Å². The average Bonchev–Trinajstić information content (AvgIpc) is 2.98. The van der Waals surface area contributed by atoms with E-state index in [0.29, 0.717) is 19.2 Å². The molecule has 5 nitrogen and oxygen atoms in total. The summed E-state index contributed by atoms with van der Waals surface area (Å²) in [5.74, 6) is 0. The Labute approximate surface area is 126 Å². The first-order valence-corrected chi connectivity index (χ1v) is 7.33. The Morgan fingerprint density at radius 1 is 1.38 bits per heavy atom. The van der Waals surface area contributed by atoms with Crippen LogP contribution in [0.3, 0.4) is 0 Å². The lowest BCUT2D eigenvalue weighted by Crippen LogP contribution is -2.25. The molecule has 0 radical (unpaired) electrons. The van der Waals surface area contributed by atoms with Crippen molar-refractivity contribution in [1.82, 2.24) is 9.78 Å². The zero-order valence-corrected chi connectivity index (χ0v) is 12.5. The summed E-state index contributed by atoms with van der Waals surface area (Å²) >= 11 is 0. The molecule has 2 rings (SSSR count). The van der Waals surface area contributed by atoms with Crippen molar-refractivity contribution >= 4 is 5.69 Å². The third-order valence-electron chi connectivity index (χ3n) is 3.33. The highest BCUT2D eigenvalue weighted by Crippen LogP contribution is 2.14. The molecule has 0 aliphatic rings. The predicted octanol–water partition coefficient (Wildman–Crippen LogP) is 2.10. The van der Waals surface area contributed by atoms with Crippen molar-refractivity contribution in [2.45, 2.75) is 25.4 Å². The Morgan fingerprint density at radius 3 is 3.00 bits per heavy atom. The lowest BCUT2D eigenvalue weighted by Gasteiger charge is -2.19. The molecule has 1 atom stereocenters. The van der Waals surface area contributed by atoms with E-state index >= 15 is 0 Å². The van der Waals surface area contributed by atoms with Crippen LogP contribution in [-0.4, -0.2) is 36.1 Å². The Bertz CT molecular complexity index is 513. The zero-order valence-electron chi connectivity index (χ0n) is 12.5. The maximum absolute atomic E-state index is 5.59. The number of hydrogen-bond acceptors (Lipinski definition) is 4. The van der Waals surface area contributed by atoms with Gasteiger partial charge in [0.15, 0.2) is 0 Å². The molecule has 0 fully saturated rings. The smallest absolute Gasteiger partial charge is 0.0664 e. The third kappa shape index (κ3) is 5.21. The van der Waals surface area contributed by atoms with Gasteiger partial charge in [-0.25, -0.2) is 0 Å². The van der Waals surface area contributed by atoms with Gasteiger partial charge in [-0.15, -0.1) is 0 Å². The third-order valence-corrected chi connectivity index (χ3v) is 3.33. The summed E-state index contributed by atoms with van der Waals surface area (Å²) in [6, 6.07) is 10.6. The first-order valence-electron chi connectivity index (χ1n) is 7.33. The molecular weight excluding hydrogens is 264 g/mol. The summed E-state index contributed by atoms with van der Waals surface area (Å²) in [6.45, 7) is 2.17. The van der Waals surface area contributed by atoms with Crippen LogP contribution >= 0.6 is 0 Å². The average molecular weight is 288 g/mol. The molecule has 1 aromatic carbocycles. The minimum Gasteiger partial charge on any atom is -0.383 e. The van der Waals surface area contributed by atoms with E-state index < -0.39 is 0 Å². The Morgan fingerprint density at radius 2 is 2.29 bits per heavy atom. The van der Waals surface area contributed by atoms with Gasteiger partial charge in [0, 0.05) is 31.2 Å². The fourth-order valence-corrected chi connectivity index (χ4v) is 2.34. The van der Waals surface area contributed by atoms with E-state index in [-0.39, 0.29) is 0 Å². The van der Waals surface area contributed by atoms with Gasteiger partial charge in [-0.3, -0.25) is 4.68 Å². The van der Waals surface area contributed by atoms with Crippen molar-refractivity contribution in [3.8, 4) is 0 Å². The molecule has 21 heavy (non-hydrogen) atoms. The van der Waals surface area contributed by atoms with E-state index in [9.17, 15) is 0 Å². The van der Waals surface area contributed by atoms with Crippen LogP contribution in [0.4, 0.5) is 5.69 Å². The molecule has 0 aliphatic carbocycles. The van der Waals surface area contributed by atoms with Crippen LogP contribution in [0.15, 0.2) is 42.7 Å². The highest BCUT2D eigenvalue weighted by molar-refractivity contribution is 5.46. The first kappa shape index (κ1) is 15.5. The Kier molecular flexibility index (Phi) is 6.24. The first-order chi connectivity index (χ1) is 10.3. The molecule has 3 N–H and O–H groups in total. The number of ether oxygens (including phenoxy) is 1. The maximum atomic E-state index is 5.59. The zero-order chi connectivity index (χ0) is 14.9. The van der Waals surface area contributed by atoms with E-state index in [4.69, 9.17) is 10.5 Å². The summed E-state index contributed by atoms with van der Waals surface area (Å²) in [5.41, 5.74) is 7.92. The largest absolute Gasteiger partial charge is 0.383 e. The van der Waals surface area contributed by atoms with Gasteiger partial charge in [0.05, 0.1) is 13.2 Å². The van der Waals surface area contributed by atoms with E-state index in [2.05, 4.69) is 34.7 Å². The number of methoxy groups -OCH3 is 1. The van der Waals surface area contributed by atoms with Crippen molar-refractivity contribution in [3.05, 3.63) is 48.3 Å². The fourth-order valence-electron chi connectivity index (χ4n) is 2.34. The quantitative estimate of drug-likeness (QED) is 0.741. The highest BCUT2D eigenvalue weighted by atomic mass is 16.5. The molecule has 5 heteroatoms. The summed E-state index contributed by atoms with van der Waals surface area (Å²) in [5, 5.41) is 7.76. The molecule has 0 aliphatic heterocycles. The topological polar surface area (TPSA) is 65.1 Å². The molecule has 1 heterocycles. The van der Waals surface area contributed by atoms with Gasteiger partial charge >= 0.3 is 0 Å². The van der Waals surface area contributed by atoms with Crippen LogP contribution < -0.4 is 11.1 Å². The SMILES string of the molecule is COCC(CCCN)Nc1cccc(Cn2cccn2)c1. The molecule has 0 saturated carbocycles. The van der Waals surface area contributed by atoms with E-state index in [0.717, 1.165) is 25.1 Å². The van der Waals surface area contributed by atoms with Crippen LogP contribution in [0.25, 0.3) is 0 Å². The minimum absolute atomic E-state index is 0.290. The van der Waals surface area contributed by atoms with Gasteiger partial charge < -0.3 is 15.8 Å². The Hall–Kier alpha value is -1.85. The van der Waals surface area contributed by atoms with E-state index in [1.54, 1.807) is 13.3 Å². The second kappa shape index (κ2) is 8.44.